The zero-order valence-corrected chi connectivity index (χ0v) is 39.8. The molecule has 0 bridgehead atoms. The topological polar surface area (TPSA) is 6.48 Å². The molecule has 14 rings (SSSR count). The molecule has 326 valence electrons. The lowest BCUT2D eigenvalue weighted by molar-refractivity contribution is 0.660. The normalized spacial score (nSPS) is 13.9. The SMILES string of the molecule is CC1(C)c2ccccc2-c2cc(-c3ccc(-c4c5ccc(N6c7ccccc7Sc7ccccc76)cc5c(-c5ccccc5)c5ccc(N6c7ccccc7Sc7ccccc76)cc45)cc3)ccc21. The van der Waals surface area contributed by atoms with Crippen molar-refractivity contribution in [3.63, 3.8) is 0 Å². The van der Waals surface area contributed by atoms with E-state index in [-0.39, 0.29) is 5.41 Å². The number of hydrogen-bond acceptors (Lipinski definition) is 4. The van der Waals surface area contributed by atoms with Crippen molar-refractivity contribution in [1.82, 2.24) is 0 Å². The smallest absolute Gasteiger partial charge is 0.0601 e. The fourth-order valence-corrected chi connectivity index (χ4v) is 13.5. The van der Waals surface area contributed by atoms with Crippen molar-refractivity contribution in [3.8, 4) is 44.5 Å². The highest BCUT2D eigenvalue weighted by molar-refractivity contribution is 8.00. The predicted octanol–water partition coefficient (Wildman–Crippen LogP) is 19.2. The van der Waals surface area contributed by atoms with E-state index in [1.165, 1.54) is 120 Å². The van der Waals surface area contributed by atoms with E-state index >= 15 is 0 Å². The van der Waals surface area contributed by atoms with Gasteiger partial charge >= 0.3 is 0 Å². The standard InChI is InChI=1S/C65H44N2S2/c1-65(2)53-19-7-6-18-47(53)50-38-44(32-37-54(50)65)41-28-30-43(31-29-41)64-49-36-34-45(66-55-20-8-12-24-59(55)68-60-25-13-9-21-56(60)66)39-51(49)63(42-16-4-3-5-17-42)48-35-33-46(40-52(48)64)67-57-22-10-14-26-61(57)69-62-27-15-11-23-58(62)67/h3-40H,1-2H3. The third-order valence-electron chi connectivity index (χ3n) is 14.6. The Morgan fingerprint density at radius 3 is 1.23 bits per heavy atom. The van der Waals surface area contributed by atoms with Gasteiger partial charge in [-0.05, 0) is 156 Å². The van der Waals surface area contributed by atoms with Crippen LogP contribution in [-0.4, -0.2) is 0 Å². The quantitative estimate of drug-likeness (QED) is 0.159. The molecule has 0 spiro atoms. The van der Waals surface area contributed by atoms with E-state index in [1.807, 2.05) is 23.5 Å². The lowest BCUT2D eigenvalue weighted by Crippen LogP contribution is -2.15. The van der Waals surface area contributed by atoms with Crippen LogP contribution in [0.2, 0.25) is 0 Å². The van der Waals surface area contributed by atoms with E-state index in [2.05, 4.69) is 254 Å². The third kappa shape index (κ3) is 6.29. The lowest BCUT2D eigenvalue weighted by Gasteiger charge is -2.33. The van der Waals surface area contributed by atoms with Crippen LogP contribution in [-0.2, 0) is 5.41 Å². The van der Waals surface area contributed by atoms with Crippen LogP contribution in [0, 0.1) is 0 Å². The number of fused-ring (bicyclic) bond motifs is 9. The summed E-state index contributed by atoms with van der Waals surface area (Å²) in [7, 11) is 0. The first-order chi connectivity index (χ1) is 34.0. The van der Waals surface area contributed by atoms with E-state index < -0.39 is 0 Å². The first-order valence-electron chi connectivity index (χ1n) is 23.7. The van der Waals surface area contributed by atoms with Crippen molar-refractivity contribution in [1.29, 1.82) is 0 Å². The molecule has 0 saturated carbocycles. The molecule has 2 aliphatic heterocycles. The maximum Gasteiger partial charge on any atom is 0.0601 e. The molecule has 0 unspecified atom stereocenters. The van der Waals surface area contributed by atoms with Gasteiger partial charge in [-0.1, -0.05) is 189 Å². The Hall–Kier alpha value is -7.76. The number of nitrogens with zero attached hydrogens (tertiary/aromatic N) is 2. The van der Waals surface area contributed by atoms with E-state index in [0.29, 0.717) is 0 Å². The summed E-state index contributed by atoms with van der Waals surface area (Å²) in [5.74, 6) is 0. The van der Waals surface area contributed by atoms with E-state index in [4.69, 9.17) is 0 Å². The highest BCUT2D eigenvalue weighted by atomic mass is 32.2. The highest BCUT2D eigenvalue weighted by Crippen LogP contribution is 2.56. The lowest BCUT2D eigenvalue weighted by atomic mass is 9.82. The molecule has 4 heteroatoms. The van der Waals surface area contributed by atoms with Crippen molar-refractivity contribution in [3.05, 3.63) is 242 Å². The molecule has 0 fully saturated rings. The van der Waals surface area contributed by atoms with Gasteiger partial charge < -0.3 is 9.80 Å². The molecule has 69 heavy (non-hydrogen) atoms. The van der Waals surface area contributed by atoms with Crippen LogP contribution in [0.3, 0.4) is 0 Å². The van der Waals surface area contributed by atoms with E-state index in [0.717, 1.165) is 11.4 Å². The Labute approximate surface area is 411 Å². The molecule has 0 aromatic heterocycles. The summed E-state index contributed by atoms with van der Waals surface area (Å²) >= 11 is 3.69. The van der Waals surface area contributed by atoms with Gasteiger partial charge in [0.1, 0.15) is 0 Å². The highest BCUT2D eigenvalue weighted by Gasteiger charge is 2.35. The Bertz CT molecular complexity index is 3800. The first kappa shape index (κ1) is 40.3. The van der Waals surface area contributed by atoms with Gasteiger partial charge in [0.25, 0.3) is 0 Å². The minimum atomic E-state index is -0.0298. The zero-order valence-electron chi connectivity index (χ0n) is 38.2. The number of hydrogen-bond donors (Lipinski definition) is 0. The summed E-state index contributed by atoms with van der Waals surface area (Å²) in [6.45, 7) is 4.70. The van der Waals surface area contributed by atoms with Crippen molar-refractivity contribution < 1.29 is 0 Å². The maximum atomic E-state index is 2.46. The average Bonchev–Trinajstić information content (AvgIpc) is 3.63. The largest absolute Gasteiger partial charge is 0.308 e. The monoisotopic (exact) mass is 916 g/mol. The van der Waals surface area contributed by atoms with Crippen molar-refractivity contribution in [2.24, 2.45) is 0 Å². The number of benzene rings is 11. The summed E-state index contributed by atoms with van der Waals surface area (Å²) in [5.41, 5.74) is 19.8. The molecule has 11 aromatic rings. The molecule has 2 heterocycles. The first-order valence-corrected chi connectivity index (χ1v) is 25.4. The van der Waals surface area contributed by atoms with Crippen LogP contribution in [0.5, 0.6) is 0 Å². The molecule has 1 aliphatic carbocycles. The maximum absolute atomic E-state index is 2.46. The summed E-state index contributed by atoms with van der Waals surface area (Å²) in [4.78, 5) is 9.92. The van der Waals surface area contributed by atoms with Crippen LogP contribution in [0.4, 0.5) is 34.1 Å². The second kappa shape index (κ2) is 15.6. The molecule has 0 radical (unpaired) electrons. The molecule has 0 atom stereocenters. The van der Waals surface area contributed by atoms with Crippen LogP contribution in [0.15, 0.2) is 250 Å². The Balaban J connectivity index is 1.02. The van der Waals surface area contributed by atoms with Gasteiger partial charge in [0.05, 0.1) is 22.7 Å². The van der Waals surface area contributed by atoms with Gasteiger partial charge in [-0.15, -0.1) is 0 Å². The Morgan fingerprint density at radius 2 is 0.710 bits per heavy atom. The molecule has 0 saturated heterocycles. The van der Waals surface area contributed by atoms with Gasteiger partial charge in [0, 0.05) is 36.4 Å². The second-order valence-electron chi connectivity index (χ2n) is 18.8. The molecular formula is C65H44N2S2. The Morgan fingerprint density at radius 1 is 0.304 bits per heavy atom. The third-order valence-corrected chi connectivity index (χ3v) is 16.9. The molecule has 0 amide bonds. The van der Waals surface area contributed by atoms with Gasteiger partial charge in [-0.2, -0.15) is 0 Å². The van der Waals surface area contributed by atoms with E-state index in [9.17, 15) is 0 Å². The fraction of sp³-hybridized carbons (Fsp3) is 0.0462. The van der Waals surface area contributed by atoms with Crippen molar-refractivity contribution >= 4 is 79.2 Å². The average molecular weight is 917 g/mol. The summed E-state index contributed by atoms with van der Waals surface area (Å²) in [6.07, 6.45) is 0. The summed E-state index contributed by atoms with van der Waals surface area (Å²) in [5, 5.41) is 4.87. The van der Waals surface area contributed by atoms with Gasteiger partial charge in [0.15, 0.2) is 0 Å². The van der Waals surface area contributed by atoms with Gasteiger partial charge in [-0.25, -0.2) is 0 Å². The molecule has 2 nitrogen and oxygen atoms in total. The van der Waals surface area contributed by atoms with Crippen LogP contribution >= 0.6 is 23.5 Å². The van der Waals surface area contributed by atoms with Gasteiger partial charge in [0.2, 0.25) is 0 Å². The fourth-order valence-electron chi connectivity index (χ4n) is 11.4. The minimum Gasteiger partial charge on any atom is -0.308 e. The zero-order chi connectivity index (χ0) is 45.8. The molecule has 0 N–H and O–H groups in total. The predicted molar refractivity (Wildman–Crippen MR) is 293 cm³/mol. The molecule has 11 aromatic carbocycles. The molecule has 3 aliphatic rings. The number of para-hydroxylation sites is 4. The van der Waals surface area contributed by atoms with Crippen molar-refractivity contribution in [2.45, 2.75) is 38.8 Å². The number of rotatable bonds is 5. The van der Waals surface area contributed by atoms with Crippen LogP contribution in [0.1, 0.15) is 25.0 Å². The second-order valence-corrected chi connectivity index (χ2v) is 21.0. The summed E-state index contributed by atoms with van der Waals surface area (Å²) in [6, 6.07) is 86.0. The number of anilines is 6. The van der Waals surface area contributed by atoms with E-state index in [1.54, 1.807) is 0 Å². The Kier molecular flexibility index (Phi) is 9.14. The van der Waals surface area contributed by atoms with Crippen LogP contribution < -0.4 is 9.80 Å². The van der Waals surface area contributed by atoms with Crippen molar-refractivity contribution in [2.75, 3.05) is 9.80 Å². The van der Waals surface area contributed by atoms with Gasteiger partial charge in [-0.3, -0.25) is 0 Å². The summed E-state index contributed by atoms with van der Waals surface area (Å²) < 4.78 is 0. The molecular weight excluding hydrogens is 873 g/mol. The van der Waals surface area contributed by atoms with Crippen LogP contribution in [0.25, 0.3) is 66.1 Å². The minimum absolute atomic E-state index is 0.0298.